The van der Waals surface area contributed by atoms with Gasteiger partial charge in [0.1, 0.15) is 0 Å². The summed E-state index contributed by atoms with van der Waals surface area (Å²) in [6, 6.07) is 14.5. The summed E-state index contributed by atoms with van der Waals surface area (Å²) in [5, 5.41) is 0. The predicted octanol–water partition coefficient (Wildman–Crippen LogP) is 3.41. The lowest BCUT2D eigenvalue weighted by Gasteiger charge is -2.29. The number of rotatable bonds is 4. The maximum absolute atomic E-state index is 12.7. The molecule has 0 aliphatic carbocycles. The van der Waals surface area contributed by atoms with E-state index in [9.17, 15) is 4.79 Å². The van der Waals surface area contributed by atoms with Gasteiger partial charge in [0.05, 0.1) is 13.2 Å². The second-order valence-electron chi connectivity index (χ2n) is 6.80. The van der Waals surface area contributed by atoms with Crippen LogP contribution >= 0.6 is 0 Å². The molecule has 0 unspecified atom stereocenters. The van der Waals surface area contributed by atoms with E-state index in [0.29, 0.717) is 6.54 Å². The number of aryl methyl sites for hydroxylation is 2. The van der Waals surface area contributed by atoms with Gasteiger partial charge in [-0.05, 0) is 43.7 Å². The number of carbonyl (C=O) groups excluding carboxylic acids is 1. The van der Waals surface area contributed by atoms with E-state index in [1.165, 1.54) is 5.69 Å². The third kappa shape index (κ3) is 4.40. The topological polar surface area (TPSA) is 32.8 Å². The molecule has 1 aliphatic heterocycles. The van der Waals surface area contributed by atoms with Gasteiger partial charge in [0.25, 0.3) is 5.91 Å². The van der Waals surface area contributed by atoms with Crippen molar-refractivity contribution in [2.24, 2.45) is 0 Å². The normalized spacial score (nSPS) is 14.4. The van der Waals surface area contributed by atoms with Crippen molar-refractivity contribution in [1.29, 1.82) is 0 Å². The molecule has 4 nitrogen and oxygen atoms in total. The van der Waals surface area contributed by atoms with Gasteiger partial charge in [0.15, 0.2) is 0 Å². The first-order valence-electron chi connectivity index (χ1n) is 8.78. The molecule has 0 bridgehead atoms. The summed E-state index contributed by atoms with van der Waals surface area (Å²) in [4.78, 5) is 16.8. The first-order chi connectivity index (χ1) is 12.0. The van der Waals surface area contributed by atoms with E-state index >= 15 is 0 Å². The second-order valence-corrected chi connectivity index (χ2v) is 6.80. The van der Waals surface area contributed by atoms with Gasteiger partial charge in [0.2, 0.25) is 0 Å². The highest BCUT2D eigenvalue weighted by atomic mass is 16.5. The van der Waals surface area contributed by atoms with E-state index in [1.807, 2.05) is 33.0 Å². The maximum Gasteiger partial charge on any atom is 0.253 e. The summed E-state index contributed by atoms with van der Waals surface area (Å²) in [6.07, 6.45) is 0. The molecular formula is C21H26N2O2. The van der Waals surface area contributed by atoms with Crippen LogP contribution in [0, 0.1) is 13.8 Å². The molecule has 0 N–H and O–H groups in total. The summed E-state index contributed by atoms with van der Waals surface area (Å²) < 4.78 is 5.40. The van der Waals surface area contributed by atoms with Crippen LogP contribution in [0.1, 0.15) is 27.0 Å². The number of carbonyl (C=O) groups is 1. The Labute approximate surface area is 150 Å². The molecule has 132 valence electrons. The lowest BCUT2D eigenvalue weighted by molar-refractivity contribution is 0.0785. The van der Waals surface area contributed by atoms with Gasteiger partial charge >= 0.3 is 0 Å². The zero-order valence-electron chi connectivity index (χ0n) is 15.3. The monoisotopic (exact) mass is 338 g/mol. The van der Waals surface area contributed by atoms with Crippen molar-refractivity contribution in [2.45, 2.75) is 20.4 Å². The van der Waals surface area contributed by atoms with Gasteiger partial charge in [-0.15, -0.1) is 0 Å². The van der Waals surface area contributed by atoms with Crippen molar-refractivity contribution in [3.05, 3.63) is 64.7 Å². The Morgan fingerprint density at radius 2 is 1.64 bits per heavy atom. The molecule has 1 aliphatic rings. The molecule has 25 heavy (non-hydrogen) atoms. The molecule has 4 heteroatoms. The minimum atomic E-state index is 0.0593. The number of hydrogen-bond donors (Lipinski definition) is 0. The summed E-state index contributed by atoms with van der Waals surface area (Å²) in [7, 11) is 1.86. The van der Waals surface area contributed by atoms with E-state index in [1.54, 1.807) is 4.90 Å². The smallest absolute Gasteiger partial charge is 0.253 e. The number of benzene rings is 2. The van der Waals surface area contributed by atoms with Crippen molar-refractivity contribution in [2.75, 3.05) is 38.3 Å². The number of amides is 1. The fraction of sp³-hybridized carbons (Fsp3) is 0.381. The predicted molar refractivity (Wildman–Crippen MR) is 101 cm³/mol. The third-order valence-corrected chi connectivity index (χ3v) is 4.55. The van der Waals surface area contributed by atoms with Crippen molar-refractivity contribution >= 4 is 11.6 Å². The van der Waals surface area contributed by atoms with Gasteiger partial charge < -0.3 is 14.5 Å². The largest absolute Gasteiger partial charge is 0.378 e. The third-order valence-electron chi connectivity index (χ3n) is 4.55. The fourth-order valence-electron chi connectivity index (χ4n) is 3.30. The minimum absolute atomic E-state index is 0.0593. The molecule has 1 amide bonds. The molecule has 1 fully saturated rings. The quantitative estimate of drug-likeness (QED) is 0.856. The summed E-state index contributed by atoms with van der Waals surface area (Å²) in [5.74, 6) is 0.0593. The highest BCUT2D eigenvalue weighted by Crippen LogP contribution is 2.18. The van der Waals surface area contributed by atoms with Gasteiger partial charge in [-0.1, -0.05) is 29.3 Å². The van der Waals surface area contributed by atoms with Crippen LogP contribution in [0.3, 0.4) is 0 Å². The molecule has 0 aromatic heterocycles. The van der Waals surface area contributed by atoms with Crippen LogP contribution in [0.4, 0.5) is 5.69 Å². The average Bonchev–Trinajstić information content (AvgIpc) is 2.61. The zero-order valence-corrected chi connectivity index (χ0v) is 15.3. The van der Waals surface area contributed by atoms with Crippen LogP contribution in [0.15, 0.2) is 42.5 Å². The van der Waals surface area contributed by atoms with Gasteiger partial charge in [-0.2, -0.15) is 0 Å². The number of ether oxygens (including phenoxy) is 1. The molecule has 1 saturated heterocycles. The fourth-order valence-corrected chi connectivity index (χ4v) is 3.30. The molecule has 2 aromatic rings. The Bertz CT molecular complexity index is 714. The molecule has 0 spiro atoms. The van der Waals surface area contributed by atoms with E-state index < -0.39 is 0 Å². The van der Waals surface area contributed by atoms with Crippen LogP contribution in [0.25, 0.3) is 0 Å². The van der Waals surface area contributed by atoms with E-state index in [2.05, 4.69) is 35.2 Å². The Morgan fingerprint density at radius 3 is 2.24 bits per heavy atom. The SMILES string of the molecule is Cc1cc(C)cc(C(=O)N(C)Cc2ccc(N3CCOCC3)cc2)c1. The molecule has 0 atom stereocenters. The number of hydrogen-bond acceptors (Lipinski definition) is 3. The van der Waals surface area contributed by atoms with E-state index in [-0.39, 0.29) is 5.91 Å². The van der Waals surface area contributed by atoms with E-state index in [0.717, 1.165) is 48.6 Å². The van der Waals surface area contributed by atoms with Crippen molar-refractivity contribution in [1.82, 2.24) is 4.90 Å². The second kappa shape index (κ2) is 7.70. The Hall–Kier alpha value is -2.33. The van der Waals surface area contributed by atoms with Crippen LogP contribution in [-0.2, 0) is 11.3 Å². The van der Waals surface area contributed by atoms with Crippen molar-refractivity contribution in [3.63, 3.8) is 0 Å². The highest BCUT2D eigenvalue weighted by Gasteiger charge is 2.14. The lowest BCUT2D eigenvalue weighted by Crippen LogP contribution is -2.36. The van der Waals surface area contributed by atoms with E-state index in [4.69, 9.17) is 4.74 Å². The van der Waals surface area contributed by atoms with Crippen LogP contribution in [-0.4, -0.2) is 44.2 Å². The standard InChI is InChI=1S/C21H26N2O2/c1-16-12-17(2)14-19(13-16)21(24)22(3)15-18-4-6-20(7-5-18)23-8-10-25-11-9-23/h4-7,12-14H,8-11,15H2,1-3H3. The lowest BCUT2D eigenvalue weighted by atomic mass is 10.1. The first-order valence-corrected chi connectivity index (χ1v) is 8.78. The molecule has 1 heterocycles. The molecule has 3 rings (SSSR count). The van der Waals surface area contributed by atoms with Gasteiger partial charge in [-0.25, -0.2) is 0 Å². The van der Waals surface area contributed by atoms with Gasteiger partial charge in [-0.3, -0.25) is 4.79 Å². The highest BCUT2D eigenvalue weighted by molar-refractivity contribution is 5.94. The average molecular weight is 338 g/mol. The Balaban J connectivity index is 1.65. The van der Waals surface area contributed by atoms with Crippen LogP contribution in [0.2, 0.25) is 0 Å². The molecule has 0 radical (unpaired) electrons. The van der Waals surface area contributed by atoms with Crippen LogP contribution < -0.4 is 4.90 Å². The Morgan fingerprint density at radius 1 is 1.04 bits per heavy atom. The zero-order chi connectivity index (χ0) is 17.8. The summed E-state index contributed by atoms with van der Waals surface area (Å²) >= 11 is 0. The maximum atomic E-state index is 12.7. The number of anilines is 1. The summed E-state index contributed by atoms with van der Waals surface area (Å²) in [6.45, 7) is 8.09. The first kappa shape index (κ1) is 17.5. The molecular weight excluding hydrogens is 312 g/mol. The molecule has 0 saturated carbocycles. The number of nitrogens with zero attached hydrogens (tertiary/aromatic N) is 2. The van der Waals surface area contributed by atoms with Crippen molar-refractivity contribution < 1.29 is 9.53 Å². The number of morpholine rings is 1. The Kier molecular flexibility index (Phi) is 5.39. The van der Waals surface area contributed by atoms with Gasteiger partial charge in [0, 0.05) is 37.9 Å². The molecule has 2 aromatic carbocycles. The minimum Gasteiger partial charge on any atom is -0.378 e. The van der Waals surface area contributed by atoms with Crippen molar-refractivity contribution in [3.8, 4) is 0 Å². The van der Waals surface area contributed by atoms with Crippen LogP contribution in [0.5, 0.6) is 0 Å². The summed E-state index contributed by atoms with van der Waals surface area (Å²) in [5.41, 5.74) is 5.34.